The van der Waals surface area contributed by atoms with E-state index in [2.05, 4.69) is 53.6 Å². The largest absolute Gasteiger partial charge is 0.365 e. The third-order valence-electron chi connectivity index (χ3n) is 3.08. The van der Waals surface area contributed by atoms with Crippen molar-refractivity contribution in [1.82, 2.24) is 14.9 Å². The molecule has 0 amide bonds. The Morgan fingerprint density at radius 2 is 1.74 bits per heavy atom. The van der Waals surface area contributed by atoms with Crippen molar-refractivity contribution in [3.63, 3.8) is 0 Å². The summed E-state index contributed by atoms with van der Waals surface area (Å²) in [6.45, 7) is 9.18. The molecular formula is C13H26N6. The Morgan fingerprint density at radius 1 is 1.16 bits per heavy atom. The fraction of sp³-hybridized carbons (Fsp3) is 0.692. The summed E-state index contributed by atoms with van der Waals surface area (Å²) in [5.41, 5.74) is 3.56. The van der Waals surface area contributed by atoms with Crippen molar-refractivity contribution < 1.29 is 0 Å². The van der Waals surface area contributed by atoms with Gasteiger partial charge in [0.15, 0.2) is 0 Å². The first-order chi connectivity index (χ1) is 8.85. The third kappa shape index (κ3) is 4.33. The molecule has 0 aliphatic carbocycles. The number of hydrogen-bond donors (Lipinski definition) is 3. The van der Waals surface area contributed by atoms with Gasteiger partial charge in [0.2, 0.25) is 0 Å². The second-order valence-corrected chi connectivity index (χ2v) is 5.49. The van der Waals surface area contributed by atoms with E-state index in [4.69, 9.17) is 5.84 Å². The van der Waals surface area contributed by atoms with Gasteiger partial charge >= 0.3 is 0 Å². The molecule has 0 saturated heterocycles. The van der Waals surface area contributed by atoms with Crippen LogP contribution in [-0.4, -0.2) is 41.5 Å². The van der Waals surface area contributed by atoms with Crippen LogP contribution in [0.1, 0.15) is 25.2 Å². The topological polar surface area (TPSA) is 79.1 Å². The molecule has 0 aliphatic rings. The summed E-state index contributed by atoms with van der Waals surface area (Å²) in [4.78, 5) is 10.9. The number of anilines is 2. The summed E-state index contributed by atoms with van der Waals surface area (Å²) in [6.07, 6.45) is 0. The average molecular weight is 266 g/mol. The fourth-order valence-electron chi connectivity index (χ4n) is 1.90. The Morgan fingerprint density at radius 3 is 2.21 bits per heavy atom. The highest BCUT2D eigenvalue weighted by molar-refractivity contribution is 5.57. The predicted molar refractivity (Wildman–Crippen MR) is 80.1 cm³/mol. The Bertz CT molecular complexity index is 416. The summed E-state index contributed by atoms with van der Waals surface area (Å²) in [5, 5.41) is 3.51. The molecule has 0 bridgehead atoms. The van der Waals surface area contributed by atoms with Crippen molar-refractivity contribution >= 4 is 11.6 Å². The fourth-order valence-corrected chi connectivity index (χ4v) is 1.90. The van der Waals surface area contributed by atoms with Crippen LogP contribution < -0.4 is 16.6 Å². The van der Waals surface area contributed by atoms with Crippen LogP contribution in [0, 0.1) is 19.8 Å². The van der Waals surface area contributed by atoms with Gasteiger partial charge in [-0.15, -0.1) is 0 Å². The maximum absolute atomic E-state index is 5.48. The molecule has 4 N–H and O–H groups in total. The predicted octanol–water partition coefficient (Wildman–Crippen LogP) is 1.38. The summed E-state index contributed by atoms with van der Waals surface area (Å²) in [5.74, 6) is 8.21. The molecule has 19 heavy (non-hydrogen) atoms. The van der Waals surface area contributed by atoms with Crippen LogP contribution in [0.25, 0.3) is 0 Å². The number of hydrogen-bond acceptors (Lipinski definition) is 6. The zero-order valence-electron chi connectivity index (χ0n) is 12.8. The van der Waals surface area contributed by atoms with Gasteiger partial charge in [-0.25, -0.2) is 15.8 Å². The van der Waals surface area contributed by atoms with Crippen LogP contribution in [-0.2, 0) is 0 Å². The normalized spacial score (nSPS) is 12.9. The zero-order chi connectivity index (χ0) is 14.6. The minimum atomic E-state index is 0.327. The van der Waals surface area contributed by atoms with Crippen LogP contribution >= 0.6 is 0 Å². The maximum atomic E-state index is 5.48. The summed E-state index contributed by atoms with van der Waals surface area (Å²) < 4.78 is 0. The van der Waals surface area contributed by atoms with E-state index >= 15 is 0 Å². The van der Waals surface area contributed by atoms with E-state index in [-0.39, 0.29) is 0 Å². The van der Waals surface area contributed by atoms with Gasteiger partial charge in [0.05, 0.1) is 0 Å². The van der Waals surface area contributed by atoms with Crippen LogP contribution in [0.3, 0.4) is 0 Å². The van der Waals surface area contributed by atoms with Crippen molar-refractivity contribution in [1.29, 1.82) is 0 Å². The molecule has 1 aromatic rings. The monoisotopic (exact) mass is 266 g/mol. The lowest BCUT2D eigenvalue weighted by molar-refractivity contribution is 0.344. The van der Waals surface area contributed by atoms with E-state index in [0.717, 1.165) is 17.9 Å². The Kier molecular flexibility index (Phi) is 5.50. The summed E-state index contributed by atoms with van der Waals surface area (Å²) in [6, 6.07) is 0.327. The lowest BCUT2D eigenvalue weighted by Gasteiger charge is -2.27. The standard InChI is InChI=1S/C13H26N6/c1-8(2)11(7-19(5)6)17-12-9(3)13(18-14)16-10(4)15-12/h8,11H,7,14H2,1-6H3,(H2,15,16,17,18). The summed E-state index contributed by atoms with van der Waals surface area (Å²) >= 11 is 0. The molecule has 0 aliphatic heterocycles. The van der Waals surface area contributed by atoms with Crippen molar-refractivity contribution in [2.75, 3.05) is 31.4 Å². The maximum Gasteiger partial charge on any atom is 0.148 e. The van der Waals surface area contributed by atoms with Gasteiger partial charge in [-0.2, -0.15) is 0 Å². The van der Waals surface area contributed by atoms with Gasteiger partial charge in [-0.1, -0.05) is 13.8 Å². The molecule has 0 saturated carbocycles. The molecule has 0 radical (unpaired) electrons. The molecule has 1 atom stereocenters. The van der Waals surface area contributed by atoms with Gasteiger partial charge in [-0.3, -0.25) is 0 Å². The molecule has 0 spiro atoms. The van der Waals surface area contributed by atoms with Crippen molar-refractivity contribution in [3.8, 4) is 0 Å². The number of nitrogens with two attached hydrogens (primary N) is 1. The van der Waals surface area contributed by atoms with Gasteiger partial charge in [0.25, 0.3) is 0 Å². The van der Waals surface area contributed by atoms with Crippen molar-refractivity contribution in [2.24, 2.45) is 11.8 Å². The van der Waals surface area contributed by atoms with Crippen LogP contribution in [0.4, 0.5) is 11.6 Å². The quantitative estimate of drug-likeness (QED) is 0.533. The molecule has 1 rings (SSSR count). The van der Waals surface area contributed by atoms with Crippen molar-refractivity contribution in [2.45, 2.75) is 33.7 Å². The second kappa shape index (κ2) is 6.68. The Balaban J connectivity index is 2.99. The first-order valence-electron chi connectivity index (χ1n) is 6.58. The number of aryl methyl sites for hydroxylation is 1. The second-order valence-electron chi connectivity index (χ2n) is 5.49. The highest BCUT2D eigenvalue weighted by Gasteiger charge is 2.17. The number of hydrazine groups is 1. The molecule has 108 valence electrons. The molecule has 1 unspecified atom stereocenters. The van der Waals surface area contributed by atoms with Gasteiger partial charge in [0.1, 0.15) is 17.5 Å². The Hall–Kier alpha value is -1.40. The lowest BCUT2D eigenvalue weighted by Crippen LogP contribution is -2.37. The van der Waals surface area contributed by atoms with E-state index in [1.165, 1.54) is 0 Å². The highest BCUT2D eigenvalue weighted by Crippen LogP contribution is 2.21. The molecule has 0 aromatic carbocycles. The minimum Gasteiger partial charge on any atom is -0.365 e. The van der Waals surface area contributed by atoms with Crippen LogP contribution in [0.2, 0.25) is 0 Å². The first-order valence-corrected chi connectivity index (χ1v) is 6.58. The van der Waals surface area contributed by atoms with Crippen LogP contribution in [0.15, 0.2) is 0 Å². The van der Waals surface area contributed by atoms with Crippen LogP contribution in [0.5, 0.6) is 0 Å². The molecular weight excluding hydrogens is 240 g/mol. The Labute approximate surface area is 115 Å². The van der Waals surface area contributed by atoms with Crippen molar-refractivity contribution in [3.05, 3.63) is 11.4 Å². The highest BCUT2D eigenvalue weighted by atomic mass is 15.3. The van der Waals surface area contributed by atoms with E-state index in [9.17, 15) is 0 Å². The number of nitrogen functional groups attached to an aromatic ring is 1. The number of likely N-dealkylation sites (N-methyl/N-ethyl adjacent to an activating group) is 1. The molecule has 1 heterocycles. The number of nitrogens with zero attached hydrogens (tertiary/aromatic N) is 3. The van der Waals surface area contributed by atoms with Gasteiger partial charge in [0, 0.05) is 18.2 Å². The average Bonchev–Trinajstić information content (AvgIpc) is 2.31. The number of rotatable bonds is 6. The van der Waals surface area contributed by atoms with Gasteiger partial charge in [-0.05, 0) is 33.9 Å². The molecule has 0 fully saturated rings. The first kappa shape index (κ1) is 15.7. The van der Waals surface area contributed by atoms with Gasteiger partial charge < -0.3 is 15.6 Å². The smallest absolute Gasteiger partial charge is 0.148 e. The molecule has 6 heteroatoms. The molecule has 1 aromatic heterocycles. The van der Waals surface area contributed by atoms with E-state index in [0.29, 0.717) is 23.6 Å². The van der Waals surface area contributed by atoms with E-state index < -0.39 is 0 Å². The molecule has 6 nitrogen and oxygen atoms in total. The summed E-state index contributed by atoms with van der Waals surface area (Å²) in [7, 11) is 4.14. The SMILES string of the molecule is Cc1nc(NN)c(C)c(NC(CN(C)C)C(C)C)n1. The zero-order valence-corrected chi connectivity index (χ0v) is 12.8. The van der Waals surface area contributed by atoms with E-state index in [1.54, 1.807) is 0 Å². The minimum absolute atomic E-state index is 0.327. The third-order valence-corrected chi connectivity index (χ3v) is 3.08. The number of nitrogens with one attached hydrogen (secondary N) is 2. The number of aromatic nitrogens is 2. The van der Waals surface area contributed by atoms with E-state index in [1.807, 2.05) is 13.8 Å². The lowest BCUT2D eigenvalue weighted by atomic mass is 10.0.